The normalized spacial score (nSPS) is 10.8. The van der Waals surface area contributed by atoms with Crippen LogP contribution < -0.4 is 0 Å². The topological polar surface area (TPSA) is 3.24 Å². The van der Waals surface area contributed by atoms with Crippen LogP contribution in [0.5, 0.6) is 0 Å². The molecule has 0 unspecified atom stereocenters. The summed E-state index contributed by atoms with van der Waals surface area (Å²) < 4.78 is 0. The first-order chi connectivity index (χ1) is 11.3. The van der Waals surface area contributed by atoms with E-state index in [-0.39, 0.29) is 0 Å². The molecule has 1 heterocycles. The Hall–Kier alpha value is -2.16. The van der Waals surface area contributed by atoms with Gasteiger partial charge in [0.25, 0.3) is 0 Å². The molecule has 3 aromatic rings. The maximum absolute atomic E-state index is 3.94. The smallest absolute Gasteiger partial charge is 0.0335 e. The predicted octanol–water partition coefficient (Wildman–Crippen LogP) is 5.59. The standard InChI is InChI=1S/C21H21NS/c1-2-19-11-6-7-12-20(19)16-22(17-21-13-8-14-23-21)15-18-9-4-3-5-10-18/h2-14H,1,15-17H2. The zero-order chi connectivity index (χ0) is 15.9. The summed E-state index contributed by atoms with van der Waals surface area (Å²) in [5, 5.41) is 2.15. The maximum Gasteiger partial charge on any atom is 0.0335 e. The number of thiophene rings is 1. The van der Waals surface area contributed by atoms with Crippen LogP contribution >= 0.6 is 11.3 Å². The molecule has 1 nitrogen and oxygen atoms in total. The average molecular weight is 319 g/mol. The van der Waals surface area contributed by atoms with E-state index >= 15 is 0 Å². The monoisotopic (exact) mass is 319 g/mol. The van der Waals surface area contributed by atoms with Crippen molar-refractivity contribution in [2.24, 2.45) is 0 Å². The number of benzene rings is 2. The van der Waals surface area contributed by atoms with Gasteiger partial charge in [0.15, 0.2) is 0 Å². The fourth-order valence-corrected chi connectivity index (χ4v) is 3.50. The third kappa shape index (κ3) is 4.41. The minimum absolute atomic E-state index is 0.926. The number of hydrogen-bond acceptors (Lipinski definition) is 2. The Labute approximate surface area is 142 Å². The van der Waals surface area contributed by atoms with Gasteiger partial charge in [-0.3, -0.25) is 4.90 Å². The van der Waals surface area contributed by atoms with Crippen LogP contribution in [0.1, 0.15) is 21.6 Å². The Morgan fingerprint density at radius 3 is 2.35 bits per heavy atom. The van der Waals surface area contributed by atoms with Gasteiger partial charge in [0.1, 0.15) is 0 Å². The van der Waals surface area contributed by atoms with Crippen molar-refractivity contribution in [1.29, 1.82) is 0 Å². The highest BCUT2D eigenvalue weighted by Crippen LogP contribution is 2.19. The van der Waals surface area contributed by atoms with Crippen molar-refractivity contribution >= 4 is 17.4 Å². The molecule has 0 spiro atoms. The van der Waals surface area contributed by atoms with Crippen LogP contribution in [0.3, 0.4) is 0 Å². The van der Waals surface area contributed by atoms with Gasteiger partial charge in [-0.05, 0) is 28.1 Å². The molecule has 116 valence electrons. The van der Waals surface area contributed by atoms with Gasteiger partial charge in [-0.25, -0.2) is 0 Å². The molecule has 23 heavy (non-hydrogen) atoms. The SMILES string of the molecule is C=Cc1ccccc1CN(Cc1ccccc1)Cc1cccs1. The third-order valence-electron chi connectivity index (χ3n) is 3.88. The Kier molecular flexibility index (Phi) is 5.41. The quantitative estimate of drug-likeness (QED) is 0.548. The van der Waals surface area contributed by atoms with Crippen molar-refractivity contribution in [3.63, 3.8) is 0 Å². The lowest BCUT2D eigenvalue weighted by atomic mass is 10.1. The summed E-state index contributed by atoms with van der Waals surface area (Å²) >= 11 is 1.82. The van der Waals surface area contributed by atoms with Gasteiger partial charge in [-0.15, -0.1) is 11.3 Å². The van der Waals surface area contributed by atoms with E-state index in [1.807, 2.05) is 17.4 Å². The zero-order valence-electron chi connectivity index (χ0n) is 13.2. The third-order valence-corrected chi connectivity index (χ3v) is 4.74. The van der Waals surface area contributed by atoms with Gasteiger partial charge < -0.3 is 0 Å². The second-order valence-corrected chi connectivity index (χ2v) is 6.65. The molecule has 2 aromatic carbocycles. The van der Waals surface area contributed by atoms with Gasteiger partial charge in [-0.1, -0.05) is 73.3 Å². The van der Waals surface area contributed by atoms with Crippen LogP contribution in [0.4, 0.5) is 0 Å². The molecule has 0 N–H and O–H groups in total. The van der Waals surface area contributed by atoms with Crippen LogP contribution in [0.15, 0.2) is 78.7 Å². The van der Waals surface area contributed by atoms with Gasteiger partial charge in [0.2, 0.25) is 0 Å². The molecule has 0 saturated heterocycles. The molecule has 0 atom stereocenters. The van der Waals surface area contributed by atoms with Crippen molar-refractivity contribution < 1.29 is 0 Å². The molecule has 0 bridgehead atoms. The Balaban J connectivity index is 1.80. The van der Waals surface area contributed by atoms with Crippen molar-refractivity contribution in [3.8, 4) is 0 Å². The number of hydrogen-bond donors (Lipinski definition) is 0. The number of nitrogens with zero attached hydrogens (tertiary/aromatic N) is 1. The summed E-state index contributed by atoms with van der Waals surface area (Å²) in [5.74, 6) is 0. The zero-order valence-corrected chi connectivity index (χ0v) is 14.0. The minimum Gasteiger partial charge on any atom is -0.290 e. The summed E-state index contributed by atoms with van der Waals surface area (Å²) in [5.41, 5.74) is 3.90. The summed E-state index contributed by atoms with van der Waals surface area (Å²) in [6.07, 6.45) is 1.95. The van der Waals surface area contributed by atoms with Crippen molar-refractivity contribution in [3.05, 3.63) is 100 Å². The Bertz CT molecular complexity index is 732. The van der Waals surface area contributed by atoms with Crippen LogP contribution in [0.2, 0.25) is 0 Å². The van der Waals surface area contributed by atoms with Crippen LogP contribution in [0, 0.1) is 0 Å². The predicted molar refractivity (Wildman–Crippen MR) is 100 cm³/mol. The highest BCUT2D eigenvalue weighted by Gasteiger charge is 2.10. The van der Waals surface area contributed by atoms with Gasteiger partial charge >= 0.3 is 0 Å². The van der Waals surface area contributed by atoms with E-state index in [9.17, 15) is 0 Å². The van der Waals surface area contributed by atoms with E-state index in [0.717, 1.165) is 19.6 Å². The van der Waals surface area contributed by atoms with Gasteiger partial charge in [0.05, 0.1) is 0 Å². The van der Waals surface area contributed by atoms with E-state index in [4.69, 9.17) is 0 Å². The lowest BCUT2D eigenvalue weighted by Crippen LogP contribution is -2.22. The highest BCUT2D eigenvalue weighted by atomic mass is 32.1. The van der Waals surface area contributed by atoms with E-state index in [1.165, 1.54) is 21.6 Å². The molecule has 2 heteroatoms. The first kappa shape index (κ1) is 15.7. The summed E-state index contributed by atoms with van der Waals surface area (Å²) in [6.45, 7) is 6.79. The molecule has 1 aromatic heterocycles. The van der Waals surface area contributed by atoms with E-state index in [0.29, 0.717) is 0 Å². The largest absolute Gasteiger partial charge is 0.290 e. The lowest BCUT2D eigenvalue weighted by Gasteiger charge is -2.23. The lowest BCUT2D eigenvalue weighted by molar-refractivity contribution is 0.250. The molecule has 0 saturated carbocycles. The van der Waals surface area contributed by atoms with Crippen LogP contribution in [0.25, 0.3) is 6.08 Å². The first-order valence-corrected chi connectivity index (χ1v) is 8.72. The van der Waals surface area contributed by atoms with Crippen molar-refractivity contribution in [1.82, 2.24) is 4.90 Å². The van der Waals surface area contributed by atoms with E-state index in [2.05, 4.69) is 83.6 Å². The summed E-state index contributed by atoms with van der Waals surface area (Å²) in [4.78, 5) is 3.89. The fraction of sp³-hybridized carbons (Fsp3) is 0.143. The molecule has 0 amide bonds. The fourth-order valence-electron chi connectivity index (χ4n) is 2.75. The Morgan fingerprint density at radius 2 is 1.61 bits per heavy atom. The van der Waals surface area contributed by atoms with E-state index in [1.54, 1.807) is 0 Å². The second kappa shape index (κ2) is 7.91. The van der Waals surface area contributed by atoms with Crippen molar-refractivity contribution in [2.45, 2.75) is 19.6 Å². The molecule has 0 aliphatic carbocycles. The van der Waals surface area contributed by atoms with Gasteiger partial charge in [0, 0.05) is 24.5 Å². The van der Waals surface area contributed by atoms with Crippen LogP contribution in [-0.4, -0.2) is 4.90 Å². The average Bonchev–Trinajstić information content (AvgIpc) is 3.09. The minimum atomic E-state index is 0.926. The second-order valence-electron chi connectivity index (χ2n) is 5.61. The van der Waals surface area contributed by atoms with Crippen molar-refractivity contribution in [2.75, 3.05) is 0 Å². The molecule has 0 fully saturated rings. The van der Waals surface area contributed by atoms with Crippen LogP contribution in [-0.2, 0) is 19.6 Å². The van der Waals surface area contributed by atoms with Gasteiger partial charge in [-0.2, -0.15) is 0 Å². The summed E-state index contributed by atoms with van der Waals surface area (Å²) in [7, 11) is 0. The molecule has 0 radical (unpaired) electrons. The molecular weight excluding hydrogens is 298 g/mol. The molecule has 0 aliphatic heterocycles. The molecule has 0 aliphatic rings. The van der Waals surface area contributed by atoms with E-state index < -0.39 is 0 Å². The molecule has 3 rings (SSSR count). The molecular formula is C21H21NS. The maximum atomic E-state index is 3.94. The number of rotatable bonds is 7. The Morgan fingerprint density at radius 1 is 0.826 bits per heavy atom. The highest BCUT2D eigenvalue weighted by molar-refractivity contribution is 7.09. The first-order valence-electron chi connectivity index (χ1n) is 7.84. The summed E-state index contributed by atoms with van der Waals surface area (Å²) in [6, 6.07) is 23.5.